The van der Waals surface area contributed by atoms with Crippen LogP contribution in [0.4, 0.5) is 0 Å². The van der Waals surface area contributed by atoms with Gasteiger partial charge in [-0.25, -0.2) is 9.48 Å². The number of esters is 1. The van der Waals surface area contributed by atoms with Gasteiger partial charge in [-0.1, -0.05) is 47.7 Å². The summed E-state index contributed by atoms with van der Waals surface area (Å²) in [4.78, 5) is 27.2. The number of nitrogens with zero attached hydrogens (tertiary/aromatic N) is 4. The Kier molecular flexibility index (Phi) is 8.10. The Bertz CT molecular complexity index is 1120. The number of aromatic nitrogens is 3. The molecule has 1 aliphatic heterocycles. The molecule has 0 unspecified atom stereocenters. The minimum atomic E-state index is -0.525. The minimum Gasteiger partial charge on any atom is -0.497 e. The number of carbonyl (C=O) groups excluding carboxylic acids is 2. The number of amides is 1. The van der Waals surface area contributed by atoms with Gasteiger partial charge in [-0.15, -0.1) is 5.10 Å². The van der Waals surface area contributed by atoms with E-state index in [1.54, 1.807) is 18.0 Å². The van der Waals surface area contributed by atoms with Crippen molar-refractivity contribution in [3.8, 4) is 5.75 Å². The van der Waals surface area contributed by atoms with E-state index in [4.69, 9.17) is 9.47 Å². The first-order valence-electron chi connectivity index (χ1n) is 11.8. The van der Waals surface area contributed by atoms with Crippen molar-refractivity contribution in [3.63, 3.8) is 0 Å². The van der Waals surface area contributed by atoms with Gasteiger partial charge in [0.25, 0.3) is 0 Å². The highest BCUT2D eigenvalue weighted by molar-refractivity contribution is 5.86. The summed E-state index contributed by atoms with van der Waals surface area (Å²) in [6, 6.07) is 17.6. The van der Waals surface area contributed by atoms with Crippen molar-refractivity contribution in [3.05, 3.63) is 77.6 Å². The van der Waals surface area contributed by atoms with Crippen molar-refractivity contribution in [2.75, 3.05) is 27.3 Å². The summed E-state index contributed by atoms with van der Waals surface area (Å²) in [6.45, 7) is 1.88. The summed E-state index contributed by atoms with van der Waals surface area (Å²) in [6.07, 6.45) is 4.06. The third-order valence-corrected chi connectivity index (χ3v) is 6.34. The molecule has 1 saturated heterocycles. The average molecular weight is 478 g/mol. The summed E-state index contributed by atoms with van der Waals surface area (Å²) in [7, 11) is 2.94. The van der Waals surface area contributed by atoms with Gasteiger partial charge in [0.2, 0.25) is 5.91 Å². The van der Waals surface area contributed by atoms with E-state index in [9.17, 15) is 9.59 Å². The van der Waals surface area contributed by atoms with Crippen LogP contribution in [0, 0.1) is 0 Å². The van der Waals surface area contributed by atoms with Crippen molar-refractivity contribution in [2.45, 2.75) is 37.9 Å². The van der Waals surface area contributed by atoms with Gasteiger partial charge in [-0.05, 0) is 49.1 Å². The first-order valence-corrected chi connectivity index (χ1v) is 11.8. The molecule has 1 aliphatic rings. The quantitative estimate of drug-likeness (QED) is 0.448. The maximum Gasteiger partial charge on any atom is 0.360 e. The van der Waals surface area contributed by atoms with E-state index in [0.29, 0.717) is 19.5 Å². The molecule has 2 heterocycles. The average Bonchev–Trinajstić information content (AvgIpc) is 3.56. The lowest BCUT2D eigenvalue weighted by atomic mass is 10.1. The molecule has 1 N–H and O–H groups in total. The maximum absolute atomic E-state index is 13.2. The van der Waals surface area contributed by atoms with Crippen molar-refractivity contribution in [1.82, 2.24) is 25.2 Å². The van der Waals surface area contributed by atoms with E-state index in [0.717, 1.165) is 30.7 Å². The normalized spacial score (nSPS) is 17.8. The Morgan fingerprint density at radius 1 is 1.06 bits per heavy atom. The molecule has 0 radical (unpaired) electrons. The molecule has 3 aromatic rings. The van der Waals surface area contributed by atoms with Crippen molar-refractivity contribution >= 4 is 11.9 Å². The number of rotatable bonds is 10. The van der Waals surface area contributed by atoms with Crippen molar-refractivity contribution in [1.29, 1.82) is 0 Å². The first-order chi connectivity index (χ1) is 17.1. The van der Waals surface area contributed by atoms with Crippen LogP contribution in [0.3, 0.4) is 0 Å². The highest BCUT2D eigenvalue weighted by Gasteiger charge is 2.38. The van der Waals surface area contributed by atoms with E-state index < -0.39 is 5.97 Å². The standard InChI is InChI=1S/C26H31N5O4/c1-34-22-12-10-20(11-13-22)16-27-25(32)24-15-21(31-18-23(28-29-31)26(33)35-2)17-30(24)14-6-9-19-7-4-3-5-8-19/h3-5,7-8,10-13,18,21,24H,6,9,14-17H2,1-2H3,(H,27,32)/t21-,24+/m1/s1. The van der Waals surface area contributed by atoms with E-state index in [2.05, 4.69) is 32.7 Å². The van der Waals surface area contributed by atoms with Gasteiger partial charge in [0.1, 0.15) is 5.75 Å². The van der Waals surface area contributed by atoms with Crippen LogP contribution in [0.25, 0.3) is 0 Å². The number of hydrogen-bond acceptors (Lipinski definition) is 7. The second-order valence-electron chi connectivity index (χ2n) is 8.63. The van der Waals surface area contributed by atoms with Gasteiger partial charge in [0.05, 0.1) is 32.5 Å². The molecule has 2 atom stereocenters. The number of carbonyl (C=O) groups is 2. The molecule has 1 fully saturated rings. The Morgan fingerprint density at radius 3 is 2.54 bits per heavy atom. The molecule has 0 bridgehead atoms. The summed E-state index contributed by atoms with van der Waals surface area (Å²) in [5.41, 5.74) is 2.45. The zero-order valence-corrected chi connectivity index (χ0v) is 20.1. The third-order valence-electron chi connectivity index (χ3n) is 6.34. The van der Waals surface area contributed by atoms with Crippen LogP contribution in [0.1, 0.15) is 40.5 Å². The smallest absolute Gasteiger partial charge is 0.360 e. The Morgan fingerprint density at radius 2 is 1.83 bits per heavy atom. The molecule has 4 rings (SSSR count). The molecular weight excluding hydrogens is 446 g/mol. The van der Waals surface area contributed by atoms with Crippen LogP contribution >= 0.6 is 0 Å². The Balaban J connectivity index is 1.41. The summed E-state index contributed by atoms with van der Waals surface area (Å²) in [5, 5.41) is 11.1. The number of likely N-dealkylation sites (tertiary alicyclic amines) is 1. The largest absolute Gasteiger partial charge is 0.497 e. The molecule has 0 saturated carbocycles. The Hall–Kier alpha value is -3.72. The summed E-state index contributed by atoms with van der Waals surface area (Å²) in [5.74, 6) is 0.238. The van der Waals surface area contributed by atoms with E-state index >= 15 is 0 Å². The van der Waals surface area contributed by atoms with Gasteiger partial charge in [0.15, 0.2) is 5.69 Å². The second-order valence-corrected chi connectivity index (χ2v) is 8.63. The van der Waals surface area contributed by atoms with Gasteiger partial charge in [0, 0.05) is 13.1 Å². The van der Waals surface area contributed by atoms with Gasteiger partial charge < -0.3 is 14.8 Å². The van der Waals surface area contributed by atoms with Crippen LogP contribution < -0.4 is 10.1 Å². The molecule has 2 aromatic carbocycles. The van der Waals surface area contributed by atoms with Crippen LogP contribution in [-0.4, -0.2) is 65.1 Å². The monoisotopic (exact) mass is 477 g/mol. The molecular formula is C26H31N5O4. The molecule has 9 heteroatoms. The lowest BCUT2D eigenvalue weighted by Gasteiger charge is -2.23. The van der Waals surface area contributed by atoms with E-state index in [-0.39, 0.29) is 23.7 Å². The highest BCUT2D eigenvalue weighted by atomic mass is 16.5. The lowest BCUT2D eigenvalue weighted by Crippen LogP contribution is -2.43. The van der Waals surface area contributed by atoms with Gasteiger partial charge >= 0.3 is 5.97 Å². The number of benzene rings is 2. The van der Waals surface area contributed by atoms with Gasteiger partial charge in [-0.3, -0.25) is 9.69 Å². The SMILES string of the molecule is COC(=O)c1cn([C@@H]2C[C@@H](C(=O)NCc3ccc(OC)cc3)N(CCCc3ccccc3)C2)nn1. The topological polar surface area (TPSA) is 98.6 Å². The predicted octanol–water partition coefficient (Wildman–Crippen LogP) is 2.64. The van der Waals surface area contributed by atoms with Crippen LogP contribution in [0.5, 0.6) is 5.75 Å². The molecule has 1 amide bonds. The van der Waals surface area contributed by atoms with E-state index in [1.165, 1.54) is 12.7 Å². The van der Waals surface area contributed by atoms with Crippen LogP contribution in [0.2, 0.25) is 0 Å². The predicted molar refractivity (Wildman–Crippen MR) is 130 cm³/mol. The molecule has 184 valence electrons. The Labute approximate surface area is 205 Å². The third kappa shape index (κ3) is 6.24. The van der Waals surface area contributed by atoms with Crippen LogP contribution in [-0.2, 0) is 22.5 Å². The molecule has 1 aromatic heterocycles. The van der Waals surface area contributed by atoms with Gasteiger partial charge in [-0.2, -0.15) is 0 Å². The number of methoxy groups -OCH3 is 2. The molecule has 9 nitrogen and oxygen atoms in total. The van der Waals surface area contributed by atoms with E-state index in [1.807, 2.05) is 42.5 Å². The zero-order valence-electron chi connectivity index (χ0n) is 20.1. The summed E-state index contributed by atoms with van der Waals surface area (Å²) >= 11 is 0. The number of aryl methyl sites for hydroxylation is 1. The first kappa shape index (κ1) is 24.4. The zero-order chi connectivity index (χ0) is 24.6. The fraction of sp³-hybridized carbons (Fsp3) is 0.385. The fourth-order valence-corrected chi connectivity index (χ4v) is 4.43. The molecule has 0 spiro atoms. The second kappa shape index (κ2) is 11.6. The lowest BCUT2D eigenvalue weighted by molar-refractivity contribution is -0.125. The van der Waals surface area contributed by atoms with Crippen molar-refractivity contribution in [2.24, 2.45) is 0 Å². The number of hydrogen-bond donors (Lipinski definition) is 1. The van der Waals surface area contributed by atoms with Crippen molar-refractivity contribution < 1.29 is 19.1 Å². The molecule has 35 heavy (non-hydrogen) atoms. The number of ether oxygens (including phenoxy) is 2. The molecule has 0 aliphatic carbocycles. The highest BCUT2D eigenvalue weighted by Crippen LogP contribution is 2.28. The maximum atomic E-state index is 13.2. The summed E-state index contributed by atoms with van der Waals surface area (Å²) < 4.78 is 11.6. The fourth-order valence-electron chi connectivity index (χ4n) is 4.43. The number of nitrogens with one attached hydrogen (secondary N) is 1. The minimum absolute atomic E-state index is 0.0173. The van der Waals surface area contributed by atoms with Crippen LogP contribution in [0.15, 0.2) is 60.8 Å².